The molecule has 104 valence electrons. The van der Waals surface area contributed by atoms with Crippen molar-refractivity contribution in [2.24, 2.45) is 17.6 Å². The standard InChI is InChI=1S/C14H26N2O2/c1-18-13(9-15)8-14(17)16-7-6-11-4-2-3-5-12(11)10-16/h11-13H,2-10,15H2,1H3. The van der Waals surface area contributed by atoms with Gasteiger partial charge in [0.05, 0.1) is 12.5 Å². The molecule has 1 aliphatic heterocycles. The summed E-state index contributed by atoms with van der Waals surface area (Å²) in [6.45, 7) is 2.31. The van der Waals surface area contributed by atoms with Crippen LogP contribution in [0.3, 0.4) is 0 Å². The Morgan fingerprint density at radius 1 is 1.33 bits per heavy atom. The molecule has 0 aromatic heterocycles. The van der Waals surface area contributed by atoms with E-state index >= 15 is 0 Å². The van der Waals surface area contributed by atoms with Crippen LogP contribution >= 0.6 is 0 Å². The van der Waals surface area contributed by atoms with E-state index in [0.29, 0.717) is 13.0 Å². The highest BCUT2D eigenvalue weighted by Crippen LogP contribution is 2.36. The Kier molecular flexibility index (Phi) is 5.01. The minimum Gasteiger partial charge on any atom is -0.380 e. The first-order valence-electron chi connectivity index (χ1n) is 7.25. The van der Waals surface area contributed by atoms with Gasteiger partial charge in [-0.15, -0.1) is 0 Å². The third-order valence-electron chi connectivity index (χ3n) is 4.64. The maximum absolute atomic E-state index is 12.2. The first kappa shape index (κ1) is 13.8. The molecule has 0 radical (unpaired) electrons. The van der Waals surface area contributed by atoms with Crippen LogP contribution in [0, 0.1) is 11.8 Å². The summed E-state index contributed by atoms with van der Waals surface area (Å²) in [6.07, 6.45) is 6.90. The second-order valence-corrected chi connectivity index (χ2v) is 5.73. The number of hydrogen-bond donors (Lipinski definition) is 1. The topological polar surface area (TPSA) is 55.6 Å². The number of carbonyl (C=O) groups excluding carboxylic acids is 1. The number of likely N-dealkylation sites (tertiary alicyclic amines) is 1. The van der Waals surface area contributed by atoms with E-state index in [1.54, 1.807) is 7.11 Å². The van der Waals surface area contributed by atoms with Crippen molar-refractivity contribution >= 4 is 5.91 Å². The van der Waals surface area contributed by atoms with Crippen LogP contribution in [0.15, 0.2) is 0 Å². The molecule has 1 saturated heterocycles. The molecule has 18 heavy (non-hydrogen) atoms. The molecular formula is C14H26N2O2. The van der Waals surface area contributed by atoms with Gasteiger partial charge >= 0.3 is 0 Å². The number of ether oxygens (including phenoxy) is 1. The SMILES string of the molecule is COC(CN)CC(=O)N1CCC2CCCCC2C1. The average Bonchev–Trinajstić information content (AvgIpc) is 2.44. The zero-order chi connectivity index (χ0) is 13.0. The second kappa shape index (κ2) is 6.53. The van der Waals surface area contributed by atoms with E-state index in [9.17, 15) is 4.79 Å². The molecule has 2 fully saturated rings. The monoisotopic (exact) mass is 254 g/mol. The molecule has 3 unspecified atom stereocenters. The third kappa shape index (κ3) is 3.23. The van der Waals surface area contributed by atoms with Crippen molar-refractivity contribution in [2.45, 2.75) is 44.6 Å². The molecular weight excluding hydrogens is 228 g/mol. The molecule has 0 bridgehead atoms. The number of amides is 1. The Bertz CT molecular complexity index is 279. The Balaban J connectivity index is 1.84. The highest BCUT2D eigenvalue weighted by atomic mass is 16.5. The van der Waals surface area contributed by atoms with E-state index in [1.165, 1.54) is 32.1 Å². The van der Waals surface area contributed by atoms with E-state index in [-0.39, 0.29) is 12.0 Å². The largest absolute Gasteiger partial charge is 0.380 e. The van der Waals surface area contributed by atoms with Gasteiger partial charge in [0.15, 0.2) is 0 Å². The van der Waals surface area contributed by atoms with Gasteiger partial charge in [0, 0.05) is 26.7 Å². The molecule has 4 heteroatoms. The maximum atomic E-state index is 12.2. The Morgan fingerprint density at radius 2 is 2.06 bits per heavy atom. The number of hydrogen-bond acceptors (Lipinski definition) is 3. The van der Waals surface area contributed by atoms with E-state index in [1.807, 2.05) is 4.90 Å². The third-order valence-corrected chi connectivity index (χ3v) is 4.64. The van der Waals surface area contributed by atoms with Gasteiger partial charge in [0.2, 0.25) is 5.91 Å². The first-order chi connectivity index (χ1) is 8.74. The van der Waals surface area contributed by atoms with Crippen LogP contribution in [0.1, 0.15) is 38.5 Å². The smallest absolute Gasteiger partial charge is 0.225 e. The summed E-state index contributed by atoms with van der Waals surface area (Å²) in [7, 11) is 1.62. The molecule has 1 saturated carbocycles. The molecule has 0 aromatic rings. The lowest BCUT2D eigenvalue weighted by Gasteiger charge is -2.41. The summed E-state index contributed by atoms with van der Waals surface area (Å²) < 4.78 is 5.20. The molecule has 2 aliphatic rings. The molecule has 3 atom stereocenters. The molecule has 1 heterocycles. The first-order valence-corrected chi connectivity index (χ1v) is 7.25. The Morgan fingerprint density at radius 3 is 2.72 bits per heavy atom. The van der Waals surface area contributed by atoms with E-state index in [0.717, 1.165) is 24.9 Å². The van der Waals surface area contributed by atoms with Gasteiger partial charge in [0.1, 0.15) is 0 Å². The number of nitrogens with zero attached hydrogens (tertiary/aromatic N) is 1. The van der Waals surface area contributed by atoms with Crippen LogP contribution in [-0.2, 0) is 9.53 Å². The minimum absolute atomic E-state index is 0.124. The molecule has 2 N–H and O–H groups in total. The maximum Gasteiger partial charge on any atom is 0.225 e. The van der Waals surface area contributed by atoms with Crippen molar-refractivity contribution in [1.29, 1.82) is 0 Å². The van der Waals surface area contributed by atoms with Crippen molar-refractivity contribution in [2.75, 3.05) is 26.7 Å². The van der Waals surface area contributed by atoms with Crippen molar-refractivity contribution in [3.8, 4) is 0 Å². The quantitative estimate of drug-likeness (QED) is 0.825. The number of methoxy groups -OCH3 is 1. The molecule has 0 aromatic carbocycles. The lowest BCUT2D eigenvalue weighted by molar-refractivity contribution is -0.136. The average molecular weight is 254 g/mol. The lowest BCUT2D eigenvalue weighted by atomic mass is 9.75. The summed E-state index contributed by atoms with van der Waals surface area (Å²) >= 11 is 0. The Hall–Kier alpha value is -0.610. The van der Waals surface area contributed by atoms with E-state index in [2.05, 4.69) is 0 Å². The zero-order valence-corrected chi connectivity index (χ0v) is 11.4. The van der Waals surface area contributed by atoms with Crippen molar-refractivity contribution < 1.29 is 9.53 Å². The summed E-state index contributed by atoms with van der Waals surface area (Å²) in [4.78, 5) is 14.2. The summed E-state index contributed by atoms with van der Waals surface area (Å²) in [5, 5.41) is 0. The molecule has 1 amide bonds. The minimum atomic E-state index is -0.124. The van der Waals surface area contributed by atoms with Gasteiger partial charge < -0.3 is 15.4 Å². The van der Waals surface area contributed by atoms with Gasteiger partial charge in [-0.1, -0.05) is 19.3 Å². The van der Waals surface area contributed by atoms with Gasteiger partial charge in [0.25, 0.3) is 0 Å². The van der Waals surface area contributed by atoms with Crippen LogP contribution in [-0.4, -0.2) is 43.7 Å². The number of nitrogens with two attached hydrogens (primary N) is 1. The van der Waals surface area contributed by atoms with Crippen molar-refractivity contribution in [3.63, 3.8) is 0 Å². The molecule has 4 nitrogen and oxygen atoms in total. The molecule has 2 rings (SSSR count). The zero-order valence-electron chi connectivity index (χ0n) is 11.4. The highest BCUT2D eigenvalue weighted by Gasteiger charge is 2.33. The lowest BCUT2D eigenvalue weighted by Crippen LogP contribution is -2.46. The van der Waals surface area contributed by atoms with Crippen LogP contribution < -0.4 is 5.73 Å². The summed E-state index contributed by atoms with van der Waals surface area (Å²) in [6, 6.07) is 0. The van der Waals surface area contributed by atoms with Crippen LogP contribution in [0.2, 0.25) is 0 Å². The van der Waals surface area contributed by atoms with Crippen LogP contribution in [0.5, 0.6) is 0 Å². The number of fused-ring (bicyclic) bond motifs is 1. The Labute approximate surface area is 110 Å². The van der Waals surface area contributed by atoms with Crippen LogP contribution in [0.4, 0.5) is 0 Å². The van der Waals surface area contributed by atoms with Crippen LogP contribution in [0.25, 0.3) is 0 Å². The predicted molar refractivity (Wildman–Crippen MR) is 71.1 cm³/mol. The predicted octanol–water partition coefficient (Wildman–Crippen LogP) is 1.39. The van der Waals surface area contributed by atoms with Crippen molar-refractivity contribution in [3.05, 3.63) is 0 Å². The number of carbonyl (C=O) groups is 1. The normalized spacial score (nSPS) is 29.8. The van der Waals surface area contributed by atoms with Gasteiger partial charge in [-0.25, -0.2) is 0 Å². The molecule has 1 aliphatic carbocycles. The molecule has 0 spiro atoms. The van der Waals surface area contributed by atoms with Gasteiger partial charge in [-0.3, -0.25) is 4.79 Å². The highest BCUT2D eigenvalue weighted by molar-refractivity contribution is 5.76. The van der Waals surface area contributed by atoms with E-state index in [4.69, 9.17) is 10.5 Å². The van der Waals surface area contributed by atoms with E-state index < -0.39 is 0 Å². The fourth-order valence-corrected chi connectivity index (χ4v) is 3.41. The van der Waals surface area contributed by atoms with Gasteiger partial charge in [-0.2, -0.15) is 0 Å². The second-order valence-electron chi connectivity index (χ2n) is 5.73. The fraction of sp³-hybridized carbons (Fsp3) is 0.929. The summed E-state index contributed by atoms with van der Waals surface area (Å²) in [5.41, 5.74) is 5.57. The number of rotatable bonds is 4. The van der Waals surface area contributed by atoms with Crippen molar-refractivity contribution in [1.82, 2.24) is 4.90 Å². The van der Waals surface area contributed by atoms with Gasteiger partial charge in [-0.05, 0) is 24.7 Å². The fourth-order valence-electron chi connectivity index (χ4n) is 3.41. The summed E-state index contributed by atoms with van der Waals surface area (Å²) in [5.74, 6) is 1.84. The number of piperidine rings is 1.